The second-order valence-corrected chi connectivity index (χ2v) is 0.854. The van der Waals surface area contributed by atoms with Crippen LogP contribution < -0.4 is 0 Å². The molecule has 0 unspecified atom stereocenters. The molecule has 0 aromatic rings. The number of hydrogen-bond acceptors (Lipinski definition) is 0. The molecule has 0 aromatic heterocycles. The molecule has 0 aliphatic carbocycles. The van der Waals surface area contributed by atoms with Gasteiger partial charge in [-0.25, -0.2) is 0 Å². The first-order valence-corrected chi connectivity index (χ1v) is 2.21. The zero-order valence-corrected chi connectivity index (χ0v) is 5.41. The van der Waals surface area contributed by atoms with Crippen molar-refractivity contribution < 1.29 is 0 Å². The monoisotopic (exact) mass is 106 g/mol. The molecule has 0 saturated heterocycles. The highest BCUT2D eigenvalue weighted by Gasteiger charge is 1.27. The lowest BCUT2D eigenvalue weighted by Gasteiger charge is -1.39. The second-order valence-electron chi connectivity index (χ2n) is 0.854. The Balaban J connectivity index is 0. The smallest absolute Gasteiger partial charge is 0.0198 e. The summed E-state index contributed by atoms with van der Waals surface area (Å²) in [4.78, 5) is 0. The minimum atomic E-state index is 1.76. The van der Waals surface area contributed by atoms with Gasteiger partial charge in [0.1, 0.15) is 0 Å². The summed E-state index contributed by atoms with van der Waals surface area (Å²) in [6, 6.07) is 0. The van der Waals surface area contributed by atoms with Gasteiger partial charge in [0.25, 0.3) is 0 Å². The molecule has 0 atom stereocenters. The van der Waals surface area contributed by atoms with Gasteiger partial charge >= 0.3 is 0 Å². The molecule has 0 nitrogen and oxygen atoms in total. The molecular formula is C8H10. The van der Waals surface area contributed by atoms with E-state index in [1.807, 2.05) is 0 Å². The fraction of sp³-hybridized carbons (Fsp3) is 0.250. The Hall–Kier alpha value is -0.880. The first-order chi connectivity index (χ1) is 3.83. The predicted molar refractivity (Wildman–Crippen MR) is 37.6 cm³/mol. The standard InChI is InChI=1S/2C4H5/c2*1-3-4-2/h2*1H2,2H3. The van der Waals surface area contributed by atoms with Crippen molar-refractivity contribution in [1.29, 1.82) is 0 Å². The highest BCUT2D eigenvalue weighted by molar-refractivity contribution is 4.97. The Kier molecular flexibility index (Phi) is 21.0. The molecule has 0 heterocycles. The van der Waals surface area contributed by atoms with Crippen molar-refractivity contribution in [2.24, 2.45) is 0 Å². The maximum absolute atomic E-state index is 3.24. The van der Waals surface area contributed by atoms with Gasteiger partial charge in [0.15, 0.2) is 0 Å². The first-order valence-electron chi connectivity index (χ1n) is 2.21. The molecule has 0 spiro atoms. The van der Waals surface area contributed by atoms with E-state index in [9.17, 15) is 0 Å². The van der Waals surface area contributed by atoms with E-state index >= 15 is 0 Å². The van der Waals surface area contributed by atoms with E-state index in [1.165, 1.54) is 0 Å². The van der Waals surface area contributed by atoms with Gasteiger partial charge in [-0.15, -0.1) is 23.7 Å². The van der Waals surface area contributed by atoms with Gasteiger partial charge in [-0.1, -0.05) is 0 Å². The van der Waals surface area contributed by atoms with Crippen molar-refractivity contribution in [3.8, 4) is 23.7 Å². The molecule has 2 radical (unpaired) electrons. The molecular weight excluding hydrogens is 96.1 g/mol. The van der Waals surface area contributed by atoms with Gasteiger partial charge < -0.3 is 0 Å². The molecule has 0 amide bonds. The average molecular weight is 106 g/mol. The average Bonchev–Trinajstić information content (AvgIpc) is 1.88. The molecule has 0 saturated carbocycles. The SMILES string of the molecule is [CH2]C#CC.[CH2]C#CC. The van der Waals surface area contributed by atoms with Gasteiger partial charge in [-0.2, -0.15) is 0 Å². The predicted octanol–water partition coefficient (Wildman–Crippen LogP) is 1.69. The molecule has 0 rings (SSSR count). The van der Waals surface area contributed by atoms with Crippen molar-refractivity contribution in [2.75, 3.05) is 0 Å². The van der Waals surface area contributed by atoms with Crippen LogP contribution >= 0.6 is 0 Å². The zero-order valence-electron chi connectivity index (χ0n) is 5.41. The van der Waals surface area contributed by atoms with Crippen LogP contribution in [0, 0.1) is 37.5 Å². The van der Waals surface area contributed by atoms with E-state index in [-0.39, 0.29) is 0 Å². The van der Waals surface area contributed by atoms with Crippen LogP contribution in [-0.2, 0) is 0 Å². The van der Waals surface area contributed by atoms with Crippen molar-refractivity contribution in [1.82, 2.24) is 0 Å². The third-order valence-electron chi connectivity index (χ3n) is 0.354. The van der Waals surface area contributed by atoms with Crippen LogP contribution in [0.3, 0.4) is 0 Å². The summed E-state index contributed by atoms with van der Waals surface area (Å²) in [5.74, 6) is 10.0. The second kappa shape index (κ2) is 16.5. The molecule has 0 N–H and O–H groups in total. The van der Waals surface area contributed by atoms with Gasteiger partial charge in [0, 0.05) is 13.8 Å². The van der Waals surface area contributed by atoms with Crippen molar-refractivity contribution in [2.45, 2.75) is 13.8 Å². The zero-order chi connectivity index (χ0) is 6.83. The number of hydrogen-bond donors (Lipinski definition) is 0. The fourth-order valence-corrected chi connectivity index (χ4v) is 0. The summed E-state index contributed by atoms with van der Waals surface area (Å²) >= 11 is 0. The van der Waals surface area contributed by atoms with Crippen LogP contribution in [0.25, 0.3) is 0 Å². The Labute approximate surface area is 52.3 Å². The molecule has 8 heavy (non-hydrogen) atoms. The Morgan fingerprint density at radius 2 is 1.00 bits per heavy atom. The summed E-state index contributed by atoms with van der Waals surface area (Å²) in [5.41, 5.74) is 0. The van der Waals surface area contributed by atoms with Crippen LogP contribution in [0.5, 0.6) is 0 Å². The molecule has 0 fully saturated rings. The summed E-state index contributed by atoms with van der Waals surface area (Å²) in [6.45, 7) is 10.0. The Morgan fingerprint density at radius 1 is 0.875 bits per heavy atom. The van der Waals surface area contributed by atoms with Gasteiger partial charge in [0.05, 0.1) is 0 Å². The normalized spacial score (nSPS) is 3.50. The lowest BCUT2D eigenvalue weighted by molar-refractivity contribution is 1.91. The minimum Gasteiger partial charge on any atom is -0.107 e. The third kappa shape index (κ3) is 69.3. The van der Waals surface area contributed by atoms with Crippen molar-refractivity contribution >= 4 is 0 Å². The van der Waals surface area contributed by atoms with Crippen LogP contribution in [0.2, 0.25) is 0 Å². The van der Waals surface area contributed by atoms with Crippen LogP contribution in [-0.4, -0.2) is 0 Å². The highest BCUT2D eigenvalue weighted by atomic mass is 13.3. The van der Waals surface area contributed by atoms with Crippen molar-refractivity contribution in [3.05, 3.63) is 13.8 Å². The molecule has 0 aliphatic heterocycles. The highest BCUT2D eigenvalue weighted by Crippen LogP contribution is 1.38. The summed E-state index contributed by atoms with van der Waals surface area (Å²) in [6.07, 6.45) is 0. The molecule has 0 bridgehead atoms. The third-order valence-corrected chi connectivity index (χ3v) is 0.354. The van der Waals surface area contributed by atoms with E-state index in [4.69, 9.17) is 0 Å². The minimum absolute atomic E-state index is 1.76. The Bertz CT molecular complexity index is 91.6. The quantitative estimate of drug-likeness (QED) is 0.412. The van der Waals surface area contributed by atoms with Gasteiger partial charge in [-0.3, -0.25) is 0 Å². The van der Waals surface area contributed by atoms with E-state index in [1.54, 1.807) is 13.8 Å². The van der Waals surface area contributed by atoms with Crippen LogP contribution in [0.1, 0.15) is 13.8 Å². The summed E-state index contributed by atoms with van der Waals surface area (Å²) < 4.78 is 0. The van der Waals surface area contributed by atoms with Crippen LogP contribution in [0.15, 0.2) is 0 Å². The largest absolute Gasteiger partial charge is 0.107 e. The molecule has 0 aliphatic rings. The first kappa shape index (κ1) is 10.2. The maximum atomic E-state index is 3.24. The molecule has 42 valence electrons. The summed E-state index contributed by atoms with van der Waals surface area (Å²) in [7, 11) is 0. The maximum Gasteiger partial charge on any atom is 0.0198 e. The van der Waals surface area contributed by atoms with E-state index in [0.29, 0.717) is 0 Å². The van der Waals surface area contributed by atoms with E-state index < -0.39 is 0 Å². The lowest BCUT2D eigenvalue weighted by atomic mass is 10.7. The lowest BCUT2D eigenvalue weighted by Crippen LogP contribution is -1.29. The molecule has 0 heteroatoms. The molecule has 0 aromatic carbocycles. The Morgan fingerprint density at radius 3 is 1.00 bits per heavy atom. The fourth-order valence-electron chi connectivity index (χ4n) is 0. The van der Waals surface area contributed by atoms with Gasteiger partial charge in [0.2, 0.25) is 0 Å². The summed E-state index contributed by atoms with van der Waals surface area (Å²) in [5, 5.41) is 0. The number of rotatable bonds is 0. The van der Waals surface area contributed by atoms with Crippen molar-refractivity contribution in [3.63, 3.8) is 0 Å². The topological polar surface area (TPSA) is 0 Å². The van der Waals surface area contributed by atoms with E-state index in [0.717, 1.165) is 0 Å². The van der Waals surface area contributed by atoms with Gasteiger partial charge in [-0.05, 0) is 13.8 Å². The van der Waals surface area contributed by atoms with Crippen LogP contribution in [0.4, 0.5) is 0 Å². The van der Waals surface area contributed by atoms with E-state index in [2.05, 4.69) is 37.5 Å².